The first kappa shape index (κ1) is 15.2. The van der Waals surface area contributed by atoms with Gasteiger partial charge in [-0.25, -0.2) is 4.98 Å². The first-order valence-electron chi connectivity index (χ1n) is 6.89. The molecule has 6 nitrogen and oxygen atoms in total. The molecule has 7 heteroatoms. The molecule has 0 fully saturated rings. The molecule has 0 saturated carbocycles. The van der Waals surface area contributed by atoms with Gasteiger partial charge in [0.2, 0.25) is 5.91 Å². The van der Waals surface area contributed by atoms with Crippen molar-refractivity contribution in [1.82, 2.24) is 14.8 Å². The van der Waals surface area contributed by atoms with E-state index in [4.69, 9.17) is 0 Å². The minimum Gasteiger partial charge on any atom is -0.308 e. The van der Waals surface area contributed by atoms with Crippen LogP contribution in [0.2, 0.25) is 0 Å². The number of para-hydroxylation sites is 1. The average Bonchev–Trinajstić information content (AvgIpc) is 2.97. The Morgan fingerprint density at radius 3 is 2.87 bits per heavy atom. The van der Waals surface area contributed by atoms with E-state index in [-0.39, 0.29) is 16.3 Å². The van der Waals surface area contributed by atoms with Gasteiger partial charge in [-0.15, -0.1) is 0 Å². The third-order valence-electron chi connectivity index (χ3n) is 3.29. The Morgan fingerprint density at radius 1 is 1.35 bits per heavy atom. The van der Waals surface area contributed by atoms with Gasteiger partial charge in [0.15, 0.2) is 11.6 Å². The first-order chi connectivity index (χ1) is 11.1. The monoisotopic (exact) mass is 369 g/mol. The van der Waals surface area contributed by atoms with Crippen LogP contribution in [0.15, 0.2) is 42.6 Å². The fraction of sp³-hybridized carbons (Fsp3) is 0.125. The van der Waals surface area contributed by atoms with Crippen molar-refractivity contribution in [2.45, 2.75) is 11.8 Å². The van der Waals surface area contributed by atoms with Crippen LogP contribution in [0.4, 0.5) is 5.82 Å². The molecular formula is C16H12BrN5O. The molecule has 23 heavy (non-hydrogen) atoms. The summed E-state index contributed by atoms with van der Waals surface area (Å²) in [7, 11) is 0. The number of nitrogens with zero attached hydrogens (tertiary/aromatic N) is 4. The average molecular weight is 370 g/mol. The van der Waals surface area contributed by atoms with Crippen LogP contribution < -0.4 is 5.32 Å². The quantitative estimate of drug-likeness (QED) is 0.719. The normalized spacial score (nSPS) is 11.9. The van der Waals surface area contributed by atoms with Crippen LogP contribution in [0.1, 0.15) is 12.5 Å². The Bertz CT molecular complexity index is 926. The van der Waals surface area contributed by atoms with Crippen molar-refractivity contribution in [2.75, 3.05) is 5.32 Å². The molecule has 0 radical (unpaired) electrons. The van der Waals surface area contributed by atoms with Crippen molar-refractivity contribution in [2.24, 2.45) is 0 Å². The van der Waals surface area contributed by atoms with Crippen molar-refractivity contribution in [1.29, 1.82) is 5.26 Å². The number of carbonyl (C=O) groups is 1. The largest absolute Gasteiger partial charge is 0.308 e. The molecule has 1 atom stereocenters. The predicted molar refractivity (Wildman–Crippen MR) is 90.6 cm³/mol. The van der Waals surface area contributed by atoms with Gasteiger partial charge < -0.3 is 5.32 Å². The molecule has 0 saturated heterocycles. The maximum Gasteiger partial charge on any atom is 0.239 e. The zero-order chi connectivity index (χ0) is 16.4. The van der Waals surface area contributed by atoms with Crippen molar-refractivity contribution in [3.05, 3.63) is 48.2 Å². The summed E-state index contributed by atoms with van der Waals surface area (Å²) in [6.45, 7) is 1.70. The van der Waals surface area contributed by atoms with Crippen LogP contribution >= 0.6 is 15.9 Å². The summed E-state index contributed by atoms with van der Waals surface area (Å²) >= 11 is 3.21. The topological polar surface area (TPSA) is 83.6 Å². The van der Waals surface area contributed by atoms with Gasteiger partial charge in [-0.3, -0.25) is 4.79 Å². The molecule has 0 aliphatic rings. The molecule has 1 unspecified atom stereocenters. The lowest BCUT2D eigenvalue weighted by atomic mass is 10.2. The van der Waals surface area contributed by atoms with Crippen LogP contribution in [-0.2, 0) is 4.79 Å². The standard InChI is InChI=1S/C16H12BrN5O/c1-10(17)16(23)21-15-12(8-18)9-19-22(15)14-7-6-11-4-2-3-5-13(11)20-14/h2-7,9-10H,1H3,(H,21,23). The molecule has 3 aromatic rings. The highest BCUT2D eigenvalue weighted by molar-refractivity contribution is 9.10. The number of benzene rings is 1. The fourth-order valence-electron chi connectivity index (χ4n) is 2.11. The van der Waals surface area contributed by atoms with E-state index >= 15 is 0 Å². The Balaban J connectivity index is 2.09. The van der Waals surface area contributed by atoms with E-state index < -0.39 is 0 Å². The number of carbonyl (C=O) groups excluding carboxylic acids is 1. The Labute approximate surface area is 140 Å². The highest BCUT2D eigenvalue weighted by Gasteiger charge is 2.18. The number of rotatable bonds is 3. The van der Waals surface area contributed by atoms with Crippen molar-refractivity contribution < 1.29 is 4.79 Å². The van der Waals surface area contributed by atoms with E-state index in [2.05, 4.69) is 31.3 Å². The third kappa shape index (κ3) is 2.94. The van der Waals surface area contributed by atoms with Crippen molar-refractivity contribution in [3.8, 4) is 11.9 Å². The highest BCUT2D eigenvalue weighted by atomic mass is 79.9. The van der Waals surface area contributed by atoms with Crippen LogP contribution in [0, 0.1) is 11.3 Å². The van der Waals surface area contributed by atoms with Gasteiger partial charge in [0.05, 0.1) is 16.5 Å². The van der Waals surface area contributed by atoms with Gasteiger partial charge in [0, 0.05) is 5.39 Å². The van der Waals surface area contributed by atoms with Gasteiger partial charge in [-0.2, -0.15) is 15.0 Å². The number of alkyl halides is 1. The molecule has 1 amide bonds. The van der Waals surface area contributed by atoms with Crippen LogP contribution in [-0.4, -0.2) is 25.5 Å². The minimum absolute atomic E-state index is 0.260. The lowest BCUT2D eigenvalue weighted by Gasteiger charge is -2.10. The summed E-state index contributed by atoms with van der Waals surface area (Å²) in [6.07, 6.45) is 1.41. The second-order valence-corrected chi connectivity index (χ2v) is 6.27. The van der Waals surface area contributed by atoms with Crippen molar-refractivity contribution in [3.63, 3.8) is 0 Å². The maximum absolute atomic E-state index is 11.9. The molecular weight excluding hydrogens is 358 g/mol. The number of fused-ring (bicyclic) bond motifs is 1. The molecule has 0 spiro atoms. The summed E-state index contributed by atoms with van der Waals surface area (Å²) in [6, 6.07) is 13.4. The number of halogens is 1. The zero-order valence-corrected chi connectivity index (χ0v) is 13.8. The Hall–Kier alpha value is -2.72. The number of nitrogens with one attached hydrogen (secondary N) is 1. The van der Waals surface area contributed by atoms with E-state index in [9.17, 15) is 10.1 Å². The van der Waals surface area contributed by atoms with Gasteiger partial charge >= 0.3 is 0 Å². The lowest BCUT2D eigenvalue weighted by Crippen LogP contribution is -2.22. The van der Waals surface area contributed by atoms with E-state index in [0.717, 1.165) is 10.9 Å². The molecule has 1 aromatic carbocycles. The van der Waals surface area contributed by atoms with Gasteiger partial charge in [-0.1, -0.05) is 34.1 Å². The van der Waals surface area contributed by atoms with E-state index in [1.807, 2.05) is 36.4 Å². The molecule has 0 bridgehead atoms. The second kappa shape index (κ2) is 6.18. The van der Waals surface area contributed by atoms with Crippen LogP contribution in [0.3, 0.4) is 0 Å². The number of amides is 1. The smallest absolute Gasteiger partial charge is 0.239 e. The van der Waals surface area contributed by atoms with Crippen LogP contribution in [0.5, 0.6) is 0 Å². The maximum atomic E-state index is 11.9. The number of pyridine rings is 1. The number of hydrogen-bond acceptors (Lipinski definition) is 4. The highest BCUT2D eigenvalue weighted by Crippen LogP contribution is 2.21. The van der Waals surface area contributed by atoms with Gasteiger partial charge in [0.25, 0.3) is 0 Å². The molecule has 114 valence electrons. The first-order valence-corrected chi connectivity index (χ1v) is 7.81. The summed E-state index contributed by atoms with van der Waals surface area (Å²) in [5, 5.41) is 17.1. The van der Waals surface area contributed by atoms with E-state index in [0.29, 0.717) is 11.6 Å². The van der Waals surface area contributed by atoms with E-state index in [1.165, 1.54) is 10.9 Å². The SMILES string of the molecule is CC(Br)C(=O)Nc1c(C#N)cnn1-c1ccc2ccccc2n1. The third-order valence-corrected chi connectivity index (χ3v) is 3.71. The molecule has 0 aliphatic heterocycles. The summed E-state index contributed by atoms with van der Waals surface area (Å²) < 4.78 is 1.46. The van der Waals surface area contributed by atoms with Crippen LogP contribution in [0.25, 0.3) is 16.7 Å². The molecule has 1 N–H and O–H groups in total. The lowest BCUT2D eigenvalue weighted by molar-refractivity contribution is -0.115. The number of anilines is 1. The van der Waals surface area contributed by atoms with E-state index in [1.54, 1.807) is 13.0 Å². The summed E-state index contributed by atoms with van der Waals surface area (Å²) in [5.74, 6) is 0.582. The Kier molecular flexibility index (Phi) is 4.08. The predicted octanol–water partition coefficient (Wildman–Crippen LogP) is 3.01. The minimum atomic E-state index is -0.387. The molecule has 2 heterocycles. The molecule has 2 aromatic heterocycles. The second-order valence-electron chi connectivity index (χ2n) is 4.90. The summed E-state index contributed by atoms with van der Waals surface area (Å²) in [4.78, 5) is 16.1. The van der Waals surface area contributed by atoms with Gasteiger partial charge in [-0.05, 0) is 25.1 Å². The molecule has 3 rings (SSSR count). The molecule has 0 aliphatic carbocycles. The fourth-order valence-corrected chi connectivity index (χ4v) is 2.23. The zero-order valence-electron chi connectivity index (χ0n) is 12.2. The number of nitriles is 1. The number of hydrogen-bond donors (Lipinski definition) is 1. The van der Waals surface area contributed by atoms with Gasteiger partial charge in [0.1, 0.15) is 11.6 Å². The Morgan fingerprint density at radius 2 is 2.13 bits per heavy atom. The van der Waals surface area contributed by atoms with Crippen molar-refractivity contribution >= 4 is 38.6 Å². The number of aromatic nitrogens is 3. The summed E-state index contributed by atoms with van der Waals surface area (Å²) in [5.41, 5.74) is 1.09.